The van der Waals surface area contributed by atoms with E-state index in [0.29, 0.717) is 10.6 Å². The highest BCUT2D eigenvalue weighted by Crippen LogP contribution is 2.24. The highest BCUT2D eigenvalue weighted by molar-refractivity contribution is 7.89. The van der Waals surface area contributed by atoms with Crippen molar-refractivity contribution in [2.75, 3.05) is 0 Å². The van der Waals surface area contributed by atoms with Crippen molar-refractivity contribution in [3.63, 3.8) is 0 Å². The number of rotatable bonds is 3. The molecule has 3 rings (SSSR count). The number of aryl methyl sites for hydroxylation is 1. The van der Waals surface area contributed by atoms with Gasteiger partial charge in [0.1, 0.15) is 0 Å². The lowest BCUT2D eigenvalue weighted by Gasteiger charge is -2.13. The Labute approximate surface area is 142 Å². The largest absolute Gasteiger partial charge is 0.363 e. The van der Waals surface area contributed by atoms with E-state index in [4.69, 9.17) is 9.98 Å². The molecule has 1 aliphatic heterocycles. The third kappa shape index (κ3) is 2.90. The number of sulfonamides is 1. The molecule has 2 aromatic carbocycles. The summed E-state index contributed by atoms with van der Waals surface area (Å²) in [5.74, 6) is -2.60. The summed E-state index contributed by atoms with van der Waals surface area (Å²) < 4.78 is 23.1. The lowest BCUT2D eigenvalue weighted by atomic mass is 10.1. The van der Waals surface area contributed by atoms with Gasteiger partial charge in [-0.05, 0) is 36.8 Å². The molecule has 0 fully saturated rings. The SMILES string of the molecule is Cc1ccc(C(=O)ON2C(=O)c3ccccc3C2=O)cc1S(N)(=O)=O. The van der Waals surface area contributed by atoms with E-state index in [1.54, 1.807) is 12.1 Å². The number of carbonyl (C=O) groups is 3. The van der Waals surface area contributed by atoms with Crippen molar-refractivity contribution >= 4 is 27.8 Å². The molecule has 1 aliphatic rings. The molecule has 0 unspecified atom stereocenters. The molecule has 0 saturated carbocycles. The maximum atomic E-state index is 12.2. The molecule has 0 aliphatic carbocycles. The fraction of sp³-hybridized carbons (Fsp3) is 0.0625. The van der Waals surface area contributed by atoms with Crippen LogP contribution in [0.2, 0.25) is 0 Å². The lowest BCUT2D eigenvalue weighted by molar-refractivity contribution is -0.0584. The van der Waals surface area contributed by atoms with Gasteiger partial charge in [0.2, 0.25) is 10.0 Å². The van der Waals surface area contributed by atoms with Gasteiger partial charge in [0, 0.05) is 0 Å². The molecule has 2 amide bonds. The van der Waals surface area contributed by atoms with Gasteiger partial charge in [-0.3, -0.25) is 9.59 Å². The van der Waals surface area contributed by atoms with E-state index in [1.165, 1.54) is 31.2 Å². The first-order valence-electron chi connectivity index (χ1n) is 7.03. The Hall–Kier alpha value is -3.04. The molecule has 128 valence electrons. The van der Waals surface area contributed by atoms with Gasteiger partial charge in [-0.25, -0.2) is 18.4 Å². The van der Waals surface area contributed by atoms with Crippen molar-refractivity contribution in [1.82, 2.24) is 5.06 Å². The van der Waals surface area contributed by atoms with E-state index in [1.807, 2.05) is 0 Å². The normalized spacial score (nSPS) is 13.8. The van der Waals surface area contributed by atoms with Crippen LogP contribution in [0.4, 0.5) is 0 Å². The second kappa shape index (κ2) is 5.80. The van der Waals surface area contributed by atoms with Crippen molar-refractivity contribution in [3.05, 3.63) is 64.7 Å². The van der Waals surface area contributed by atoms with E-state index >= 15 is 0 Å². The van der Waals surface area contributed by atoms with Crippen LogP contribution in [0.3, 0.4) is 0 Å². The first-order chi connectivity index (χ1) is 11.7. The topological polar surface area (TPSA) is 124 Å². The molecular weight excluding hydrogens is 348 g/mol. The first kappa shape index (κ1) is 16.8. The van der Waals surface area contributed by atoms with Gasteiger partial charge in [-0.1, -0.05) is 23.3 Å². The van der Waals surface area contributed by atoms with Crippen molar-refractivity contribution in [2.24, 2.45) is 5.14 Å². The predicted octanol–water partition coefficient (Wildman–Crippen LogP) is 1.01. The number of fused-ring (bicyclic) bond motifs is 1. The number of nitrogens with zero attached hydrogens (tertiary/aromatic N) is 1. The van der Waals surface area contributed by atoms with E-state index in [9.17, 15) is 22.8 Å². The maximum absolute atomic E-state index is 12.2. The van der Waals surface area contributed by atoms with Gasteiger partial charge in [0.15, 0.2) is 0 Å². The maximum Gasteiger partial charge on any atom is 0.363 e. The summed E-state index contributed by atoms with van der Waals surface area (Å²) in [4.78, 5) is 41.2. The molecule has 2 N–H and O–H groups in total. The molecule has 0 bridgehead atoms. The number of nitrogens with two attached hydrogens (primary N) is 1. The van der Waals surface area contributed by atoms with Crippen molar-refractivity contribution in [1.29, 1.82) is 0 Å². The predicted molar refractivity (Wildman–Crippen MR) is 84.9 cm³/mol. The summed E-state index contributed by atoms with van der Waals surface area (Å²) in [5.41, 5.74) is 0.426. The number of primary sulfonamides is 1. The molecule has 9 heteroatoms. The summed E-state index contributed by atoms with van der Waals surface area (Å²) in [6.45, 7) is 1.51. The number of hydrogen-bond acceptors (Lipinski definition) is 6. The van der Waals surface area contributed by atoms with Crippen LogP contribution in [0.1, 0.15) is 36.6 Å². The molecule has 25 heavy (non-hydrogen) atoms. The molecule has 0 spiro atoms. The number of hydroxylamine groups is 2. The standard InChI is InChI=1S/C16H12N2O6S/c1-9-6-7-10(8-13(9)25(17,22)23)16(21)24-18-14(19)11-4-2-3-5-12(11)15(18)20/h2-8H,1H3,(H2,17,22,23). The van der Waals surface area contributed by atoms with Crippen LogP contribution in [0, 0.1) is 6.92 Å². The quantitative estimate of drug-likeness (QED) is 0.815. The summed E-state index contributed by atoms with van der Waals surface area (Å²) in [5, 5.41) is 5.44. The van der Waals surface area contributed by atoms with Crippen LogP contribution < -0.4 is 5.14 Å². The summed E-state index contributed by atoms with van der Waals surface area (Å²) >= 11 is 0. The Morgan fingerprint density at radius 2 is 1.60 bits per heavy atom. The Morgan fingerprint density at radius 3 is 2.12 bits per heavy atom. The number of hydrogen-bond donors (Lipinski definition) is 1. The molecule has 0 radical (unpaired) electrons. The minimum atomic E-state index is -4.04. The third-order valence-corrected chi connectivity index (χ3v) is 4.71. The minimum absolute atomic E-state index is 0.120. The number of carbonyl (C=O) groups excluding carboxylic acids is 3. The highest BCUT2D eigenvalue weighted by atomic mass is 32.2. The van der Waals surface area contributed by atoms with Crippen LogP contribution in [0.15, 0.2) is 47.4 Å². The number of imide groups is 1. The molecule has 0 saturated heterocycles. The second-order valence-electron chi connectivity index (χ2n) is 5.35. The Bertz CT molecular complexity index is 994. The zero-order valence-corrected chi connectivity index (χ0v) is 13.7. The average molecular weight is 360 g/mol. The van der Waals surface area contributed by atoms with Crippen molar-refractivity contribution in [3.8, 4) is 0 Å². The fourth-order valence-corrected chi connectivity index (χ4v) is 3.23. The second-order valence-corrected chi connectivity index (χ2v) is 6.88. The van der Waals surface area contributed by atoms with Gasteiger partial charge in [0.25, 0.3) is 11.8 Å². The smallest absolute Gasteiger partial charge is 0.324 e. The number of benzene rings is 2. The summed E-state index contributed by atoms with van der Waals surface area (Å²) in [7, 11) is -4.04. The van der Waals surface area contributed by atoms with Crippen LogP contribution >= 0.6 is 0 Å². The van der Waals surface area contributed by atoms with E-state index in [0.717, 1.165) is 6.07 Å². The Balaban J connectivity index is 1.90. The molecule has 8 nitrogen and oxygen atoms in total. The van der Waals surface area contributed by atoms with Gasteiger partial charge in [-0.2, -0.15) is 0 Å². The summed E-state index contributed by atoms with van der Waals surface area (Å²) in [6, 6.07) is 9.75. The first-order valence-corrected chi connectivity index (χ1v) is 8.58. The van der Waals surface area contributed by atoms with Gasteiger partial charge in [-0.15, -0.1) is 0 Å². The van der Waals surface area contributed by atoms with Gasteiger partial charge < -0.3 is 4.84 Å². The van der Waals surface area contributed by atoms with Crippen molar-refractivity contribution in [2.45, 2.75) is 11.8 Å². The van der Waals surface area contributed by atoms with E-state index < -0.39 is 27.8 Å². The third-order valence-electron chi connectivity index (χ3n) is 3.66. The van der Waals surface area contributed by atoms with E-state index in [-0.39, 0.29) is 21.6 Å². The minimum Gasteiger partial charge on any atom is -0.324 e. The van der Waals surface area contributed by atoms with Crippen molar-refractivity contribution < 1.29 is 27.6 Å². The van der Waals surface area contributed by atoms with E-state index in [2.05, 4.69) is 0 Å². The zero-order chi connectivity index (χ0) is 18.4. The fourth-order valence-electron chi connectivity index (χ4n) is 2.42. The monoisotopic (exact) mass is 360 g/mol. The average Bonchev–Trinajstić information content (AvgIpc) is 2.79. The van der Waals surface area contributed by atoms with Gasteiger partial charge >= 0.3 is 5.97 Å². The highest BCUT2D eigenvalue weighted by Gasteiger charge is 2.38. The van der Waals surface area contributed by atoms with Crippen LogP contribution in [0.5, 0.6) is 0 Å². The van der Waals surface area contributed by atoms with Gasteiger partial charge in [0.05, 0.1) is 21.6 Å². The summed E-state index contributed by atoms with van der Waals surface area (Å²) in [6.07, 6.45) is 0. The molecule has 2 aromatic rings. The molecule has 1 heterocycles. The molecule has 0 aromatic heterocycles. The molecule has 0 atom stereocenters. The lowest BCUT2D eigenvalue weighted by Crippen LogP contribution is -2.32. The van der Waals surface area contributed by atoms with Crippen LogP contribution in [-0.2, 0) is 14.9 Å². The zero-order valence-electron chi connectivity index (χ0n) is 12.9. The van der Waals surface area contributed by atoms with Crippen LogP contribution in [0.25, 0.3) is 0 Å². The Morgan fingerprint density at radius 1 is 1.04 bits per heavy atom. The van der Waals surface area contributed by atoms with Crippen LogP contribution in [-0.4, -0.2) is 31.3 Å². The number of amides is 2. The Kier molecular flexibility index (Phi) is 3.90. The molecular formula is C16H12N2O6S.